The lowest BCUT2D eigenvalue weighted by Crippen LogP contribution is -2.73. The van der Waals surface area contributed by atoms with Crippen LogP contribution in [0.3, 0.4) is 0 Å². The van der Waals surface area contributed by atoms with Gasteiger partial charge in [0.25, 0.3) is 0 Å². The molecule has 2 unspecified atom stereocenters. The normalized spacial score (nSPS) is 53.8. The van der Waals surface area contributed by atoms with Crippen molar-refractivity contribution in [1.29, 1.82) is 0 Å². The lowest BCUT2D eigenvalue weighted by atomic mass is 9.52. The fourth-order valence-electron chi connectivity index (χ4n) is 8.86. The number of piperidine rings is 2. The van der Waals surface area contributed by atoms with E-state index in [0.717, 1.165) is 41.7 Å². The number of rotatable bonds is 0. The van der Waals surface area contributed by atoms with Crippen LogP contribution in [0.5, 0.6) is 0 Å². The molecule has 7 aliphatic rings. The molecule has 2 bridgehead atoms. The molecule has 29 heavy (non-hydrogen) atoms. The molecule has 7 rings (SSSR count). The second-order valence-corrected chi connectivity index (χ2v) is 10.7. The lowest BCUT2D eigenvalue weighted by molar-refractivity contribution is -0.931. The summed E-state index contributed by atoms with van der Waals surface area (Å²) in [5.41, 5.74) is 3.11. The van der Waals surface area contributed by atoms with Gasteiger partial charge in [-0.2, -0.15) is 0 Å². The second kappa shape index (κ2) is 4.71. The molecule has 6 heteroatoms. The van der Waals surface area contributed by atoms with Crippen molar-refractivity contribution in [1.82, 2.24) is 0 Å². The molecule has 1 amide bonds. The lowest BCUT2D eigenvalue weighted by Gasteiger charge is -2.59. The molecule has 6 nitrogen and oxygen atoms in total. The maximum atomic E-state index is 13.6. The van der Waals surface area contributed by atoms with Crippen LogP contribution in [0.15, 0.2) is 35.1 Å². The Kier molecular flexibility index (Phi) is 2.74. The summed E-state index contributed by atoms with van der Waals surface area (Å²) in [6.07, 6.45) is 7.83. The zero-order valence-electron chi connectivity index (χ0n) is 16.9. The molecule has 1 saturated carbocycles. The Morgan fingerprint density at radius 3 is 2.76 bits per heavy atom. The summed E-state index contributed by atoms with van der Waals surface area (Å²) in [6.45, 7) is 2.70. The van der Waals surface area contributed by atoms with E-state index < -0.39 is 11.6 Å². The summed E-state index contributed by atoms with van der Waals surface area (Å²) in [5, 5.41) is 0. The van der Waals surface area contributed by atoms with Crippen LogP contribution in [0.2, 0.25) is 0 Å². The minimum Gasteiger partial charge on any atom is -0.373 e. The van der Waals surface area contributed by atoms with Gasteiger partial charge in [0.05, 0.1) is 45.8 Å². The molecule has 8 atom stereocenters. The third-order valence-electron chi connectivity index (χ3n) is 9.84. The van der Waals surface area contributed by atoms with E-state index in [9.17, 15) is 14.4 Å². The molecule has 150 valence electrons. The molecule has 0 N–H and O–H groups in total. The fourth-order valence-corrected chi connectivity index (χ4v) is 8.86. The van der Waals surface area contributed by atoms with Crippen LogP contribution in [0.4, 0.5) is 0 Å². The molecule has 2 aliphatic carbocycles. The van der Waals surface area contributed by atoms with Gasteiger partial charge in [-0.05, 0) is 11.6 Å². The van der Waals surface area contributed by atoms with Gasteiger partial charge in [-0.15, -0.1) is 0 Å². The maximum Gasteiger partial charge on any atom is 0.321 e. The van der Waals surface area contributed by atoms with Crippen LogP contribution in [0.1, 0.15) is 19.3 Å². The van der Waals surface area contributed by atoms with E-state index >= 15 is 0 Å². The van der Waals surface area contributed by atoms with Crippen LogP contribution in [0.25, 0.3) is 0 Å². The molecule has 4 saturated heterocycles. The predicted octanol–water partition coefficient (Wildman–Crippen LogP) is 0.888. The van der Waals surface area contributed by atoms with Gasteiger partial charge in [0, 0.05) is 30.3 Å². The molecule has 0 aromatic heterocycles. The number of hydrogen-bond donors (Lipinski definition) is 0. The number of nitrogens with zero attached hydrogens (tertiary/aromatic N) is 2. The van der Waals surface area contributed by atoms with Crippen molar-refractivity contribution in [3.8, 4) is 0 Å². The fraction of sp³-hybridized carbons (Fsp3) is 0.609. The standard InChI is InChI=1S/C23H26N2O4/c1-24-5-4-23-14-8-16(26)17(27)9-15(14)25(2)20(28)10-18-21(22(23)25)13(7-19(23)24)12(11-24)3-6-29-18/h3,8-9,13,18-19,21-22H,4-7,10-11H2,1-2H3/q+2/t13-,18-,19-,21-,22-,23-,24?,25?/m0/s1. The van der Waals surface area contributed by atoms with Crippen molar-refractivity contribution in [2.75, 3.05) is 33.8 Å². The van der Waals surface area contributed by atoms with Gasteiger partial charge in [-0.25, -0.2) is 9.28 Å². The first-order valence-electron chi connectivity index (χ1n) is 10.9. The van der Waals surface area contributed by atoms with E-state index in [4.69, 9.17) is 4.74 Å². The van der Waals surface area contributed by atoms with E-state index in [-0.39, 0.29) is 33.9 Å². The number of fused-ring (bicyclic) bond motifs is 2. The van der Waals surface area contributed by atoms with Gasteiger partial charge < -0.3 is 9.22 Å². The molecule has 0 aromatic carbocycles. The van der Waals surface area contributed by atoms with E-state index in [2.05, 4.69) is 13.1 Å². The Balaban J connectivity index is 1.58. The van der Waals surface area contributed by atoms with Crippen molar-refractivity contribution in [3.63, 3.8) is 0 Å². The Labute approximate surface area is 169 Å². The van der Waals surface area contributed by atoms with Crippen LogP contribution < -0.4 is 0 Å². The number of amides is 1. The van der Waals surface area contributed by atoms with Crippen LogP contribution in [-0.2, 0) is 19.1 Å². The minimum atomic E-state index is -0.482. The second-order valence-electron chi connectivity index (χ2n) is 10.7. The highest BCUT2D eigenvalue weighted by Gasteiger charge is 2.82. The number of ketones is 2. The molecule has 0 radical (unpaired) electrons. The Morgan fingerprint density at radius 2 is 1.93 bits per heavy atom. The van der Waals surface area contributed by atoms with Crippen LogP contribution in [0, 0.1) is 17.3 Å². The zero-order chi connectivity index (χ0) is 19.9. The summed E-state index contributed by atoms with van der Waals surface area (Å²) < 4.78 is 7.45. The third kappa shape index (κ3) is 1.58. The number of hydrogen-bond acceptors (Lipinski definition) is 4. The van der Waals surface area contributed by atoms with Crippen molar-refractivity contribution in [2.45, 2.75) is 37.5 Å². The Hall–Kier alpha value is -1.89. The van der Waals surface area contributed by atoms with Crippen LogP contribution >= 0.6 is 0 Å². The average molecular weight is 394 g/mol. The molecule has 5 heterocycles. The molecule has 5 aliphatic heterocycles. The Bertz CT molecular complexity index is 1040. The monoisotopic (exact) mass is 394 g/mol. The zero-order valence-corrected chi connectivity index (χ0v) is 16.9. The summed E-state index contributed by atoms with van der Waals surface area (Å²) in [5.74, 6) is -0.0494. The highest BCUT2D eigenvalue weighted by atomic mass is 16.5. The quantitative estimate of drug-likeness (QED) is 0.265. The van der Waals surface area contributed by atoms with E-state index in [1.807, 2.05) is 7.05 Å². The smallest absolute Gasteiger partial charge is 0.321 e. The molecule has 1 spiro atoms. The van der Waals surface area contributed by atoms with Gasteiger partial charge in [-0.3, -0.25) is 9.59 Å². The highest BCUT2D eigenvalue weighted by Crippen LogP contribution is 2.71. The van der Waals surface area contributed by atoms with Gasteiger partial charge in [0.15, 0.2) is 0 Å². The van der Waals surface area contributed by atoms with Gasteiger partial charge in [0.2, 0.25) is 11.6 Å². The molecule has 5 fully saturated rings. The first-order chi connectivity index (χ1) is 13.8. The number of allylic oxidation sites excluding steroid dienone is 3. The minimum absolute atomic E-state index is 0.0551. The van der Waals surface area contributed by atoms with E-state index in [1.165, 1.54) is 11.6 Å². The number of carbonyl (C=O) groups excluding carboxylic acids is 3. The Morgan fingerprint density at radius 1 is 1.14 bits per heavy atom. The highest BCUT2D eigenvalue weighted by molar-refractivity contribution is 6.46. The first kappa shape index (κ1) is 16.9. The first-order valence-corrected chi connectivity index (χ1v) is 10.9. The summed E-state index contributed by atoms with van der Waals surface area (Å²) >= 11 is 0. The summed E-state index contributed by atoms with van der Waals surface area (Å²) in [4.78, 5) is 38.5. The molecule has 0 aromatic rings. The van der Waals surface area contributed by atoms with Crippen molar-refractivity contribution in [3.05, 3.63) is 35.1 Å². The van der Waals surface area contributed by atoms with E-state index in [0.29, 0.717) is 25.0 Å². The topological polar surface area (TPSA) is 60.4 Å². The largest absolute Gasteiger partial charge is 0.373 e. The van der Waals surface area contributed by atoms with Crippen molar-refractivity contribution < 1.29 is 28.1 Å². The van der Waals surface area contributed by atoms with Gasteiger partial charge in [-0.1, -0.05) is 6.08 Å². The van der Waals surface area contributed by atoms with Gasteiger partial charge >= 0.3 is 5.91 Å². The third-order valence-corrected chi connectivity index (χ3v) is 9.84. The van der Waals surface area contributed by atoms with E-state index in [1.54, 1.807) is 6.08 Å². The van der Waals surface area contributed by atoms with Gasteiger partial charge in [0.1, 0.15) is 29.7 Å². The number of likely N-dealkylation sites (N-methyl/N-ethyl adjacent to an activating group) is 2. The molecular formula is C23H26N2O4+2. The summed E-state index contributed by atoms with van der Waals surface area (Å²) in [7, 11) is 4.37. The number of quaternary nitrogens is 2. The number of carbonyl (C=O) groups is 3. The SMILES string of the molecule is C[N+]12CC[C@]34C5=CC(=O)C(=O)C=C5[N+]5(C)C(=O)C[C@@H]6OCC=C(C1)[C@H](C[C@@H]32)[C@@H]6[C@@H]45. The van der Waals surface area contributed by atoms with Crippen molar-refractivity contribution >= 4 is 17.5 Å². The average Bonchev–Trinajstić information content (AvgIpc) is 3.03. The molecular weight excluding hydrogens is 368 g/mol. The van der Waals surface area contributed by atoms with Crippen molar-refractivity contribution in [2.24, 2.45) is 17.3 Å². The summed E-state index contributed by atoms with van der Waals surface area (Å²) in [6, 6.07) is 0.460. The predicted molar refractivity (Wildman–Crippen MR) is 102 cm³/mol. The maximum absolute atomic E-state index is 13.6. The van der Waals surface area contributed by atoms with Crippen LogP contribution in [-0.4, -0.2) is 78.4 Å². The number of ether oxygens (including phenoxy) is 1.